The summed E-state index contributed by atoms with van der Waals surface area (Å²) in [6.07, 6.45) is 0.686. The van der Waals surface area contributed by atoms with Crippen LogP contribution in [0.25, 0.3) is 0 Å². The van der Waals surface area contributed by atoms with Crippen LogP contribution in [-0.2, 0) is 44.5 Å². The molecular weight excluding hydrogens is 468 g/mol. The van der Waals surface area contributed by atoms with Gasteiger partial charge in [0, 0.05) is 0 Å². The molecule has 9 nitrogen and oxygen atoms in total. The van der Waals surface area contributed by atoms with Gasteiger partial charge in [0.2, 0.25) is 0 Å². The van der Waals surface area contributed by atoms with E-state index in [1.54, 1.807) is 7.11 Å². The summed E-state index contributed by atoms with van der Waals surface area (Å²) in [5, 5.41) is 0. The second-order valence-corrected chi connectivity index (χ2v) is 9.22. The molecule has 0 N–H and O–H groups in total. The molecule has 36 heavy (non-hydrogen) atoms. The number of ether oxygens (including phenoxy) is 5. The van der Waals surface area contributed by atoms with E-state index in [0.29, 0.717) is 23.3 Å². The van der Waals surface area contributed by atoms with Crippen LogP contribution in [0.4, 0.5) is 0 Å². The molecule has 1 aromatic carbocycles. The van der Waals surface area contributed by atoms with Crippen molar-refractivity contribution in [1.82, 2.24) is 0 Å². The summed E-state index contributed by atoms with van der Waals surface area (Å²) in [7, 11) is 6.45. The Morgan fingerprint density at radius 1 is 0.778 bits per heavy atom. The Morgan fingerprint density at radius 3 is 1.75 bits per heavy atom. The summed E-state index contributed by atoms with van der Waals surface area (Å²) >= 11 is 0. The molecule has 194 valence electrons. The number of allylic oxidation sites excluding steroid dienone is 3. The minimum atomic E-state index is -1.57. The van der Waals surface area contributed by atoms with E-state index in [1.165, 1.54) is 28.4 Å². The number of rotatable bonds is 7. The lowest BCUT2D eigenvalue weighted by molar-refractivity contribution is -0.170. The largest absolute Gasteiger partial charge is 0.497 e. The molecule has 1 atom stereocenters. The molecule has 2 saturated carbocycles. The van der Waals surface area contributed by atoms with Gasteiger partial charge in [-0.15, -0.1) is 0 Å². The summed E-state index contributed by atoms with van der Waals surface area (Å²) in [4.78, 5) is 51.5. The van der Waals surface area contributed by atoms with Gasteiger partial charge in [0.15, 0.2) is 10.8 Å². The van der Waals surface area contributed by atoms with Crippen LogP contribution in [0.1, 0.15) is 31.2 Å². The van der Waals surface area contributed by atoms with Crippen LogP contribution in [0.3, 0.4) is 0 Å². The van der Waals surface area contributed by atoms with Gasteiger partial charge in [-0.05, 0) is 61.3 Å². The van der Waals surface area contributed by atoms with Gasteiger partial charge >= 0.3 is 23.9 Å². The Kier molecular flexibility index (Phi) is 7.91. The third-order valence-corrected chi connectivity index (χ3v) is 7.33. The topological polar surface area (TPSA) is 114 Å². The van der Waals surface area contributed by atoms with Gasteiger partial charge in [-0.1, -0.05) is 29.9 Å². The first-order valence-corrected chi connectivity index (χ1v) is 11.5. The SMILES string of the molecule is C=C1CC(C(=O)OC)(C(=O)OC)C/C1=C1\CC(C(=O)OC)(C(=O)OC)CC1Cc1ccc(OC)cc1. The number of carbonyl (C=O) groups is 4. The minimum absolute atomic E-state index is 0.00193. The second-order valence-electron chi connectivity index (χ2n) is 9.22. The second kappa shape index (κ2) is 10.6. The molecule has 1 unspecified atom stereocenters. The normalized spacial score (nSPS) is 22.0. The Bertz CT molecular complexity index is 1060. The molecule has 0 amide bonds. The van der Waals surface area contributed by atoms with E-state index in [9.17, 15) is 19.2 Å². The first kappa shape index (κ1) is 27.0. The molecule has 0 spiro atoms. The molecule has 0 heterocycles. The number of esters is 4. The van der Waals surface area contributed by atoms with Crippen molar-refractivity contribution in [2.45, 2.75) is 32.1 Å². The van der Waals surface area contributed by atoms with Crippen molar-refractivity contribution in [2.75, 3.05) is 35.5 Å². The van der Waals surface area contributed by atoms with Crippen molar-refractivity contribution in [2.24, 2.45) is 16.7 Å². The maximum atomic E-state index is 13.0. The molecule has 1 aromatic rings. The van der Waals surface area contributed by atoms with Gasteiger partial charge in [-0.2, -0.15) is 0 Å². The summed E-state index contributed by atoms with van der Waals surface area (Å²) in [6.45, 7) is 4.13. The van der Waals surface area contributed by atoms with E-state index in [-0.39, 0.29) is 31.6 Å². The predicted molar refractivity (Wildman–Crippen MR) is 128 cm³/mol. The molecule has 0 saturated heterocycles. The number of hydrogen-bond acceptors (Lipinski definition) is 9. The monoisotopic (exact) mass is 500 g/mol. The van der Waals surface area contributed by atoms with Crippen LogP contribution in [-0.4, -0.2) is 59.4 Å². The van der Waals surface area contributed by atoms with Crippen molar-refractivity contribution in [3.05, 3.63) is 53.1 Å². The smallest absolute Gasteiger partial charge is 0.323 e. The minimum Gasteiger partial charge on any atom is -0.497 e. The summed E-state index contributed by atoms with van der Waals surface area (Å²) in [5.41, 5.74) is -0.174. The van der Waals surface area contributed by atoms with Crippen molar-refractivity contribution >= 4 is 23.9 Å². The lowest BCUT2D eigenvalue weighted by Gasteiger charge is -2.23. The molecule has 9 heteroatoms. The van der Waals surface area contributed by atoms with E-state index >= 15 is 0 Å². The Hall–Kier alpha value is -3.62. The van der Waals surface area contributed by atoms with E-state index in [2.05, 4.69) is 6.58 Å². The predicted octanol–water partition coefficient (Wildman–Crippen LogP) is 2.96. The summed E-state index contributed by atoms with van der Waals surface area (Å²) < 4.78 is 25.2. The Labute approximate surface area is 210 Å². The average Bonchev–Trinajstić information content (AvgIpc) is 3.46. The molecule has 0 bridgehead atoms. The highest BCUT2D eigenvalue weighted by Crippen LogP contribution is 2.55. The zero-order chi connectivity index (χ0) is 26.7. The molecule has 2 aliphatic rings. The maximum absolute atomic E-state index is 13.0. The number of hydrogen-bond donors (Lipinski definition) is 0. The fourth-order valence-corrected chi connectivity index (χ4v) is 5.53. The van der Waals surface area contributed by atoms with Gasteiger partial charge in [-0.25, -0.2) is 0 Å². The molecule has 2 aliphatic carbocycles. The fourth-order valence-electron chi connectivity index (χ4n) is 5.53. The third-order valence-electron chi connectivity index (χ3n) is 7.33. The van der Waals surface area contributed by atoms with Crippen LogP contribution < -0.4 is 4.74 Å². The van der Waals surface area contributed by atoms with Crippen molar-refractivity contribution in [3.8, 4) is 5.75 Å². The van der Waals surface area contributed by atoms with Crippen molar-refractivity contribution in [3.63, 3.8) is 0 Å². The number of benzene rings is 1. The van der Waals surface area contributed by atoms with Gasteiger partial charge in [0.25, 0.3) is 0 Å². The van der Waals surface area contributed by atoms with Crippen LogP contribution in [0.2, 0.25) is 0 Å². The molecule has 0 aromatic heterocycles. The van der Waals surface area contributed by atoms with Gasteiger partial charge < -0.3 is 23.7 Å². The van der Waals surface area contributed by atoms with Crippen LogP contribution in [0.15, 0.2) is 47.6 Å². The van der Waals surface area contributed by atoms with Crippen LogP contribution in [0, 0.1) is 16.7 Å². The van der Waals surface area contributed by atoms with Crippen LogP contribution >= 0.6 is 0 Å². The standard InChI is InChI=1S/C27H32O9/c1-16-12-26(22(28)33-3,23(29)34-4)14-20(16)21-15-27(24(30)35-5,25(31)36-6)13-18(21)11-17-7-9-19(32-2)10-8-17/h7-10,18H,1,11-15H2,2-6H3/b21-20-. The zero-order valence-electron chi connectivity index (χ0n) is 21.3. The lowest BCUT2D eigenvalue weighted by atomic mass is 9.84. The molecule has 3 rings (SSSR count). The molecule has 0 aliphatic heterocycles. The van der Waals surface area contributed by atoms with Gasteiger partial charge in [0.1, 0.15) is 5.75 Å². The highest BCUT2D eigenvalue weighted by molar-refractivity contribution is 6.03. The zero-order valence-corrected chi connectivity index (χ0v) is 21.3. The molecule has 2 fully saturated rings. The maximum Gasteiger partial charge on any atom is 0.323 e. The first-order chi connectivity index (χ1) is 17.1. The van der Waals surface area contributed by atoms with Crippen LogP contribution in [0.5, 0.6) is 5.75 Å². The van der Waals surface area contributed by atoms with Gasteiger partial charge in [-0.3, -0.25) is 19.2 Å². The van der Waals surface area contributed by atoms with Gasteiger partial charge in [0.05, 0.1) is 35.5 Å². The average molecular weight is 501 g/mol. The number of methoxy groups -OCH3 is 5. The van der Waals surface area contributed by atoms with Crippen molar-refractivity contribution in [1.29, 1.82) is 0 Å². The highest BCUT2D eigenvalue weighted by atomic mass is 16.6. The number of carbonyl (C=O) groups excluding carboxylic acids is 4. The lowest BCUT2D eigenvalue weighted by Crippen LogP contribution is -2.39. The van der Waals surface area contributed by atoms with E-state index < -0.39 is 34.7 Å². The molecular formula is C27H32O9. The Morgan fingerprint density at radius 2 is 1.28 bits per heavy atom. The quantitative estimate of drug-likeness (QED) is 0.317. The van der Waals surface area contributed by atoms with E-state index in [1.807, 2.05) is 24.3 Å². The fraction of sp³-hybridized carbons (Fsp3) is 0.481. The first-order valence-electron chi connectivity index (χ1n) is 11.5. The molecule has 0 radical (unpaired) electrons. The highest BCUT2D eigenvalue weighted by Gasteiger charge is 2.59. The third kappa shape index (κ3) is 4.50. The summed E-state index contributed by atoms with van der Waals surface area (Å²) in [6, 6.07) is 7.49. The van der Waals surface area contributed by atoms with E-state index in [0.717, 1.165) is 11.1 Å². The van der Waals surface area contributed by atoms with E-state index in [4.69, 9.17) is 23.7 Å². The summed E-state index contributed by atoms with van der Waals surface area (Å²) in [5.74, 6) is -2.41. The van der Waals surface area contributed by atoms with Crippen molar-refractivity contribution < 1.29 is 42.9 Å². The Balaban J connectivity index is 2.14.